The zero-order valence-electron chi connectivity index (χ0n) is 10.8. The quantitative estimate of drug-likeness (QED) is 0.787. The Bertz CT molecular complexity index is 530. The number of rotatable bonds is 4. The van der Waals surface area contributed by atoms with Gasteiger partial charge in [-0.2, -0.15) is 8.42 Å². The zero-order valence-corrected chi connectivity index (χ0v) is 11.7. The van der Waals surface area contributed by atoms with Gasteiger partial charge in [-0.15, -0.1) is 0 Å². The summed E-state index contributed by atoms with van der Waals surface area (Å²) in [5, 5.41) is 0. The third kappa shape index (κ3) is 2.43. The summed E-state index contributed by atoms with van der Waals surface area (Å²) in [6.07, 6.45) is 1.98. The average molecular weight is 270 g/mol. The van der Waals surface area contributed by atoms with E-state index in [9.17, 15) is 8.42 Å². The summed E-state index contributed by atoms with van der Waals surface area (Å²) in [7, 11) is -0.755. The van der Waals surface area contributed by atoms with E-state index in [4.69, 9.17) is 4.74 Å². The Hall–Kier alpha value is -0.910. The molecular formula is C13H18O4S. The van der Waals surface area contributed by atoms with Gasteiger partial charge in [0.05, 0.1) is 18.1 Å². The standard InChI is InChI=1S/C13H18O4S/c1-9-4-5-13(18(14,15)17-3)12(6-9)10-7-11(8-10)16-2/h4-6,10-11H,7-8H2,1-3H3. The SMILES string of the molecule is COC1CC(c2cc(C)ccc2S(=O)(=O)OC)C1. The van der Waals surface area contributed by atoms with Gasteiger partial charge in [0.25, 0.3) is 10.1 Å². The van der Waals surface area contributed by atoms with E-state index in [-0.39, 0.29) is 16.9 Å². The highest BCUT2D eigenvalue weighted by atomic mass is 32.2. The fraction of sp³-hybridized carbons (Fsp3) is 0.538. The van der Waals surface area contributed by atoms with Crippen molar-refractivity contribution >= 4 is 10.1 Å². The minimum atomic E-state index is -3.63. The highest BCUT2D eigenvalue weighted by Gasteiger charge is 2.34. The molecule has 1 aliphatic rings. The molecule has 0 spiro atoms. The molecule has 0 aliphatic heterocycles. The van der Waals surface area contributed by atoms with Gasteiger partial charge in [-0.25, -0.2) is 0 Å². The van der Waals surface area contributed by atoms with Crippen molar-refractivity contribution in [2.75, 3.05) is 14.2 Å². The minimum absolute atomic E-state index is 0.244. The molecule has 0 unspecified atom stereocenters. The minimum Gasteiger partial charge on any atom is -0.381 e. The third-order valence-corrected chi connectivity index (χ3v) is 4.87. The number of ether oxygens (including phenoxy) is 1. The van der Waals surface area contributed by atoms with Crippen LogP contribution in [-0.4, -0.2) is 28.7 Å². The molecule has 0 aromatic heterocycles. The number of aryl methyl sites for hydroxylation is 1. The Morgan fingerprint density at radius 1 is 1.22 bits per heavy atom. The summed E-state index contributed by atoms with van der Waals surface area (Å²) in [6.45, 7) is 1.96. The number of hydrogen-bond acceptors (Lipinski definition) is 4. The van der Waals surface area contributed by atoms with Crippen molar-refractivity contribution in [1.29, 1.82) is 0 Å². The van der Waals surface area contributed by atoms with Crippen molar-refractivity contribution in [2.45, 2.75) is 36.7 Å². The fourth-order valence-electron chi connectivity index (χ4n) is 2.32. The molecular weight excluding hydrogens is 252 g/mol. The van der Waals surface area contributed by atoms with Gasteiger partial charge in [0.1, 0.15) is 0 Å². The highest BCUT2D eigenvalue weighted by Crippen LogP contribution is 2.41. The van der Waals surface area contributed by atoms with Crippen LogP contribution in [0.1, 0.15) is 29.9 Å². The van der Waals surface area contributed by atoms with Gasteiger partial charge < -0.3 is 4.74 Å². The van der Waals surface area contributed by atoms with Crippen LogP contribution >= 0.6 is 0 Å². The molecule has 100 valence electrons. The molecule has 1 saturated carbocycles. The first-order valence-electron chi connectivity index (χ1n) is 5.92. The maximum atomic E-state index is 11.9. The first-order valence-corrected chi connectivity index (χ1v) is 7.32. The smallest absolute Gasteiger partial charge is 0.296 e. The monoisotopic (exact) mass is 270 g/mol. The summed E-state index contributed by atoms with van der Waals surface area (Å²) in [5.74, 6) is 0.245. The van der Waals surface area contributed by atoms with E-state index in [0.29, 0.717) is 0 Å². The lowest BCUT2D eigenvalue weighted by molar-refractivity contribution is 0.0250. The van der Waals surface area contributed by atoms with Gasteiger partial charge in [-0.3, -0.25) is 4.18 Å². The Kier molecular flexibility index (Phi) is 3.75. The third-order valence-electron chi connectivity index (χ3n) is 3.52. The van der Waals surface area contributed by atoms with E-state index >= 15 is 0 Å². The number of methoxy groups -OCH3 is 1. The van der Waals surface area contributed by atoms with Crippen molar-refractivity contribution in [2.24, 2.45) is 0 Å². The zero-order chi connectivity index (χ0) is 13.3. The maximum absolute atomic E-state index is 11.9. The van der Waals surface area contributed by atoms with Crippen molar-refractivity contribution in [3.8, 4) is 0 Å². The van der Waals surface area contributed by atoms with Crippen LogP contribution in [0.2, 0.25) is 0 Å². The van der Waals surface area contributed by atoms with Gasteiger partial charge in [0, 0.05) is 7.11 Å². The average Bonchev–Trinajstić information content (AvgIpc) is 2.27. The summed E-state index contributed by atoms with van der Waals surface area (Å²) in [4.78, 5) is 0.287. The molecule has 1 aliphatic carbocycles. The van der Waals surface area contributed by atoms with Crippen LogP contribution in [-0.2, 0) is 19.0 Å². The van der Waals surface area contributed by atoms with Crippen LogP contribution in [0, 0.1) is 6.92 Å². The van der Waals surface area contributed by atoms with Gasteiger partial charge in [0.2, 0.25) is 0 Å². The first-order chi connectivity index (χ1) is 8.47. The summed E-state index contributed by atoms with van der Waals surface area (Å²) >= 11 is 0. The van der Waals surface area contributed by atoms with E-state index in [2.05, 4.69) is 4.18 Å². The van der Waals surface area contributed by atoms with Gasteiger partial charge in [-0.05, 0) is 37.3 Å². The van der Waals surface area contributed by atoms with E-state index in [1.807, 2.05) is 13.0 Å². The van der Waals surface area contributed by atoms with Crippen molar-refractivity contribution in [3.05, 3.63) is 29.3 Å². The lowest BCUT2D eigenvalue weighted by Gasteiger charge is -2.35. The van der Waals surface area contributed by atoms with Gasteiger partial charge >= 0.3 is 0 Å². The maximum Gasteiger partial charge on any atom is 0.296 e. The second kappa shape index (κ2) is 4.99. The predicted octanol–water partition coefficient (Wildman–Crippen LogP) is 2.22. The lowest BCUT2D eigenvalue weighted by atomic mass is 9.77. The van der Waals surface area contributed by atoms with E-state index in [1.165, 1.54) is 7.11 Å². The second-order valence-corrected chi connectivity index (χ2v) is 6.37. The fourth-order valence-corrected chi connectivity index (χ4v) is 3.24. The van der Waals surface area contributed by atoms with Crippen molar-refractivity contribution in [3.63, 3.8) is 0 Å². The molecule has 0 atom stereocenters. The summed E-state index contributed by atoms with van der Waals surface area (Å²) in [6, 6.07) is 5.36. The molecule has 1 fully saturated rings. The van der Waals surface area contributed by atoms with Crippen LogP contribution in [0.25, 0.3) is 0 Å². The van der Waals surface area contributed by atoms with Crippen LogP contribution in [0.5, 0.6) is 0 Å². The summed E-state index contributed by atoms with van der Waals surface area (Å²) in [5.41, 5.74) is 1.91. The van der Waals surface area contributed by atoms with Gasteiger partial charge in [-0.1, -0.05) is 17.7 Å². The molecule has 0 amide bonds. The number of benzene rings is 1. The number of hydrogen-bond donors (Lipinski definition) is 0. The molecule has 0 heterocycles. The van der Waals surface area contributed by atoms with E-state index in [0.717, 1.165) is 24.0 Å². The van der Waals surface area contributed by atoms with Crippen LogP contribution in [0.4, 0.5) is 0 Å². The van der Waals surface area contributed by atoms with Crippen LogP contribution in [0.3, 0.4) is 0 Å². The largest absolute Gasteiger partial charge is 0.381 e. The Morgan fingerprint density at radius 2 is 1.89 bits per heavy atom. The summed E-state index contributed by atoms with van der Waals surface area (Å²) < 4.78 is 33.6. The molecule has 1 aromatic rings. The Morgan fingerprint density at radius 3 is 2.44 bits per heavy atom. The normalized spacial score (nSPS) is 23.7. The Labute approximate surface area is 108 Å². The molecule has 4 nitrogen and oxygen atoms in total. The van der Waals surface area contributed by atoms with Gasteiger partial charge in [0.15, 0.2) is 0 Å². The Balaban J connectivity index is 2.37. The molecule has 18 heavy (non-hydrogen) atoms. The van der Waals surface area contributed by atoms with E-state index < -0.39 is 10.1 Å². The van der Waals surface area contributed by atoms with Crippen molar-refractivity contribution < 1.29 is 17.3 Å². The molecule has 0 bridgehead atoms. The topological polar surface area (TPSA) is 52.6 Å². The molecule has 2 rings (SSSR count). The van der Waals surface area contributed by atoms with E-state index in [1.54, 1.807) is 19.2 Å². The van der Waals surface area contributed by atoms with Crippen molar-refractivity contribution in [1.82, 2.24) is 0 Å². The van der Waals surface area contributed by atoms with Crippen LogP contribution < -0.4 is 0 Å². The molecule has 0 N–H and O–H groups in total. The molecule has 1 aromatic carbocycles. The predicted molar refractivity (Wildman–Crippen MR) is 68.1 cm³/mol. The van der Waals surface area contributed by atoms with Crippen LogP contribution in [0.15, 0.2) is 23.1 Å². The molecule has 0 saturated heterocycles. The molecule has 0 radical (unpaired) electrons. The first kappa shape index (κ1) is 13.5. The molecule has 5 heteroatoms. The lowest BCUT2D eigenvalue weighted by Crippen LogP contribution is -2.29. The highest BCUT2D eigenvalue weighted by molar-refractivity contribution is 7.86. The second-order valence-electron chi connectivity index (χ2n) is 4.69.